The van der Waals surface area contributed by atoms with Crippen LogP contribution in [0.25, 0.3) is 0 Å². The molecule has 0 aromatic heterocycles. The number of hydrogen-bond acceptors (Lipinski definition) is 3. The van der Waals surface area contributed by atoms with Crippen LogP contribution in [0, 0.1) is 0 Å². The second-order valence-corrected chi connectivity index (χ2v) is 8.08. The maximum atomic E-state index is 12.7. The highest BCUT2D eigenvalue weighted by Gasteiger charge is 2.37. The molecule has 1 aromatic carbocycles. The van der Waals surface area contributed by atoms with E-state index in [4.69, 9.17) is 0 Å². The van der Waals surface area contributed by atoms with E-state index in [-0.39, 0.29) is 5.75 Å². The minimum Gasteiger partial charge on any atom is -0.389 e. The van der Waals surface area contributed by atoms with Crippen molar-refractivity contribution in [2.75, 3.05) is 5.75 Å². The average molecular weight is 296 g/mol. The fraction of sp³-hybridized carbons (Fsp3) is 0.625. The maximum absolute atomic E-state index is 12.7. The molecule has 0 aliphatic heterocycles. The van der Waals surface area contributed by atoms with Gasteiger partial charge in [0.05, 0.1) is 16.6 Å². The van der Waals surface area contributed by atoms with Crippen molar-refractivity contribution in [1.82, 2.24) is 0 Å². The first-order valence-corrected chi connectivity index (χ1v) is 9.17. The number of sulfone groups is 1. The molecule has 0 bridgehead atoms. The van der Waals surface area contributed by atoms with E-state index in [1.165, 1.54) is 0 Å². The van der Waals surface area contributed by atoms with Gasteiger partial charge in [0.15, 0.2) is 9.84 Å². The molecule has 0 spiro atoms. The van der Waals surface area contributed by atoms with Gasteiger partial charge >= 0.3 is 0 Å². The number of benzene rings is 1. The van der Waals surface area contributed by atoms with Crippen LogP contribution >= 0.6 is 0 Å². The number of hydrogen-bond donors (Lipinski definition) is 1. The average Bonchev–Trinajstić information content (AvgIpc) is 2.40. The smallest absolute Gasteiger partial charge is 0.160 e. The number of aliphatic hydroxyl groups is 1. The van der Waals surface area contributed by atoms with E-state index in [9.17, 15) is 13.5 Å². The van der Waals surface area contributed by atoms with E-state index in [1.54, 1.807) is 0 Å². The highest BCUT2D eigenvalue weighted by atomic mass is 32.2. The molecular formula is C16H24O3S. The van der Waals surface area contributed by atoms with E-state index in [0.29, 0.717) is 19.3 Å². The summed E-state index contributed by atoms with van der Waals surface area (Å²) in [5.41, 5.74) is -0.186. The molecule has 0 radical (unpaired) electrons. The van der Waals surface area contributed by atoms with Gasteiger partial charge in [-0.25, -0.2) is 8.42 Å². The molecule has 1 fully saturated rings. The Balaban J connectivity index is 2.20. The molecule has 1 saturated carbocycles. The quantitative estimate of drug-likeness (QED) is 0.907. The second kappa shape index (κ2) is 6.27. The molecular weight excluding hydrogens is 272 g/mol. The topological polar surface area (TPSA) is 54.4 Å². The molecule has 1 aromatic rings. The molecule has 0 saturated heterocycles. The van der Waals surface area contributed by atoms with Gasteiger partial charge in [0.2, 0.25) is 0 Å². The van der Waals surface area contributed by atoms with Crippen molar-refractivity contribution in [3.63, 3.8) is 0 Å². The Labute approximate surface area is 121 Å². The van der Waals surface area contributed by atoms with E-state index in [2.05, 4.69) is 0 Å². The lowest BCUT2D eigenvalue weighted by molar-refractivity contribution is 0.0255. The van der Waals surface area contributed by atoms with E-state index in [0.717, 1.165) is 24.8 Å². The van der Waals surface area contributed by atoms with Gasteiger partial charge < -0.3 is 5.11 Å². The highest BCUT2D eigenvalue weighted by molar-refractivity contribution is 7.91. The van der Waals surface area contributed by atoms with Crippen LogP contribution in [-0.4, -0.2) is 24.9 Å². The number of rotatable bonds is 5. The first kappa shape index (κ1) is 15.5. The van der Waals surface area contributed by atoms with Crippen molar-refractivity contribution in [1.29, 1.82) is 0 Å². The molecule has 1 atom stereocenters. The van der Waals surface area contributed by atoms with Crippen molar-refractivity contribution in [2.24, 2.45) is 0 Å². The van der Waals surface area contributed by atoms with Crippen LogP contribution in [0.5, 0.6) is 0 Å². The molecule has 0 amide bonds. The summed E-state index contributed by atoms with van der Waals surface area (Å²) in [5, 5.41) is 10.0. The van der Waals surface area contributed by atoms with Gasteiger partial charge in [0.25, 0.3) is 0 Å². The lowest BCUT2D eigenvalue weighted by atomic mass is 9.86. The summed E-state index contributed by atoms with van der Waals surface area (Å²) in [6.07, 6.45) is 4.71. The minimum absolute atomic E-state index is 0.104. The van der Waals surface area contributed by atoms with Crippen molar-refractivity contribution >= 4 is 9.84 Å². The van der Waals surface area contributed by atoms with Crippen LogP contribution < -0.4 is 0 Å². The largest absolute Gasteiger partial charge is 0.389 e. The third-order valence-corrected chi connectivity index (χ3v) is 6.64. The van der Waals surface area contributed by atoms with Crippen molar-refractivity contribution in [3.8, 4) is 0 Å². The Morgan fingerprint density at radius 1 is 1.15 bits per heavy atom. The fourth-order valence-corrected chi connectivity index (χ4v) is 5.51. The highest BCUT2D eigenvalue weighted by Crippen LogP contribution is 2.34. The molecule has 20 heavy (non-hydrogen) atoms. The van der Waals surface area contributed by atoms with Crippen LogP contribution in [0.4, 0.5) is 0 Å². The fourth-order valence-electron chi connectivity index (χ4n) is 3.19. The summed E-state index contributed by atoms with van der Waals surface area (Å²) in [5.74, 6) is -0.104. The summed E-state index contributed by atoms with van der Waals surface area (Å²) >= 11 is 0. The monoisotopic (exact) mass is 296 g/mol. The zero-order valence-corrected chi connectivity index (χ0v) is 12.9. The molecule has 0 heterocycles. The summed E-state index contributed by atoms with van der Waals surface area (Å²) in [6.45, 7) is 1.89. The van der Waals surface area contributed by atoms with Crippen molar-refractivity contribution < 1.29 is 13.5 Å². The maximum Gasteiger partial charge on any atom is 0.160 e. The lowest BCUT2D eigenvalue weighted by Crippen LogP contribution is -2.40. The standard InChI is InChI=1S/C16H24O3S/c1-2-15(14-9-5-3-6-10-14)20(18,19)13-16(17)11-7-4-8-12-16/h3,5-6,9-10,15,17H,2,4,7-8,11-13H2,1H3. The third-order valence-electron chi connectivity index (χ3n) is 4.23. The Bertz CT molecular complexity index is 516. The summed E-state index contributed by atoms with van der Waals surface area (Å²) in [7, 11) is -3.33. The zero-order valence-electron chi connectivity index (χ0n) is 12.1. The lowest BCUT2D eigenvalue weighted by Gasteiger charge is -2.33. The van der Waals surface area contributed by atoms with Crippen LogP contribution in [0.1, 0.15) is 56.3 Å². The van der Waals surface area contributed by atoms with Gasteiger partial charge in [-0.2, -0.15) is 0 Å². The van der Waals surface area contributed by atoms with Gasteiger partial charge in [-0.05, 0) is 24.8 Å². The van der Waals surface area contributed by atoms with Gasteiger partial charge in [-0.1, -0.05) is 56.5 Å². The predicted octanol–water partition coefficient (Wildman–Crippen LogP) is 3.25. The summed E-state index contributed by atoms with van der Waals surface area (Å²) < 4.78 is 25.4. The molecule has 1 aliphatic rings. The van der Waals surface area contributed by atoms with Gasteiger partial charge in [-0.15, -0.1) is 0 Å². The molecule has 4 heteroatoms. The summed E-state index contributed by atoms with van der Waals surface area (Å²) in [6, 6.07) is 9.33. The summed E-state index contributed by atoms with van der Waals surface area (Å²) in [4.78, 5) is 0. The first-order chi connectivity index (χ1) is 9.47. The molecule has 3 nitrogen and oxygen atoms in total. The molecule has 2 rings (SSSR count). The molecule has 1 aliphatic carbocycles. The van der Waals surface area contributed by atoms with Crippen LogP contribution in [0.2, 0.25) is 0 Å². The van der Waals surface area contributed by atoms with Gasteiger partial charge in [0.1, 0.15) is 0 Å². The van der Waals surface area contributed by atoms with E-state index in [1.807, 2.05) is 37.3 Å². The minimum atomic E-state index is -3.33. The third kappa shape index (κ3) is 3.61. The van der Waals surface area contributed by atoms with Crippen molar-refractivity contribution in [2.45, 2.75) is 56.3 Å². The Morgan fingerprint density at radius 2 is 1.75 bits per heavy atom. The van der Waals surface area contributed by atoms with Crippen LogP contribution in [0.3, 0.4) is 0 Å². The predicted molar refractivity (Wildman–Crippen MR) is 81.3 cm³/mol. The van der Waals surface area contributed by atoms with Gasteiger partial charge in [0, 0.05) is 0 Å². The van der Waals surface area contributed by atoms with Crippen LogP contribution in [-0.2, 0) is 9.84 Å². The Morgan fingerprint density at radius 3 is 2.30 bits per heavy atom. The SMILES string of the molecule is CCC(c1ccccc1)S(=O)(=O)CC1(O)CCCCC1. The zero-order chi connectivity index (χ0) is 14.6. The molecule has 112 valence electrons. The van der Waals surface area contributed by atoms with E-state index >= 15 is 0 Å². The molecule has 1 N–H and O–H groups in total. The van der Waals surface area contributed by atoms with E-state index < -0.39 is 20.7 Å². The van der Waals surface area contributed by atoms with Crippen LogP contribution in [0.15, 0.2) is 30.3 Å². The van der Waals surface area contributed by atoms with Gasteiger partial charge in [-0.3, -0.25) is 0 Å². The Hall–Kier alpha value is -0.870. The second-order valence-electron chi connectivity index (χ2n) is 5.90. The first-order valence-electron chi connectivity index (χ1n) is 7.46. The Kier molecular flexibility index (Phi) is 4.86. The van der Waals surface area contributed by atoms with Crippen molar-refractivity contribution in [3.05, 3.63) is 35.9 Å². The molecule has 1 unspecified atom stereocenters. The normalized spacial score (nSPS) is 20.5.